The number of rotatable bonds is 5. The number of carbonyl (C=O) groups excluding carboxylic acids is 2. The molecule has 118 valence electrons. The predicted octanol–water partition coefficient (Wildman–Crippen LogP) is 1.85. The van der Waals surface area contributed by atoms with Gasteiger partial charge in [-0.25, -0.2) is 9.59 Å². The van der Waals surface area contributed by atoms with Gasteiger partial charge in [-0.1, -0.05) is 30.3 Å². The van der Waals surface area contributed by atoms with Crippen LogP contribution in [0.4, 0.5) is 4.79 Å². The number of hydrogen-bond donors (Lipinski definition) is 1. The van der Waals surface area contributed by atoms with E-state index in [9.17, 15) is 9.59 Å². The zero-order valence-corrected chi connectivity index (χ0v) is 13.0. The van der Waals surface area contributed by atoms with Crippen LogP contribution in [0.3, 0.4) is 0 Å². The maximum atomic E-state index is 12.4. The third kappa shape index (κ3) is 3.28. The van der Waals surface area contributed by atoms with E-state index in [0.717, 1.165) is 5.56 Å². The van der Waals surface area contributed by atoms with Crippen molar-refractivity contribution in [2.75, 3.05) is 27.4 Å². The van der Waals surface area contributed by atoms with Crippen LogP contribution in [0.15, 0.2) is 41.6 Å². The Hall–Kier alpha value is -2.34. The van der Waals surface area contributed by atoms with Crippen molar-refractivity contribution in [3.8, 4) is 0 Å². The Balaban J connectivity index is 2.34. The first-order chi connectivity index (χ1) is 10.6. The maximum Gasteiger partial charge on any atom is 0.338 e. The standard InChI is InChI=1S/C16H20N2O4/c1-11-13(15(19)22-10-9-21-3)14(17-16(20)18(11)2)12-7-5-4-6-8-12/h4-8,14H,9-10H2,1-3H3,(H,17,20)/t14-/m0/s1. The van der Waals surface area contributed by atoms with Crippen LogP contribution in [0, 0.1) is 0 Å². The van der Waals surface area contributed by atoms with Gasteiger partial charge in [-0.3, -0.25) is 0 Å². The Kier molecular flexibility index (Phi) is 5.16. The number of urea groups is 1. The summed E-state index contributed by atoms with van der Waals surface area (Å²) in [6.45, 7) is 2.24. The zero-order chi connectivity index (χ0) is 16.1. The van der Waals surface area contributed by atoms with E-state index in [4.69, 9.17) is 9.47 Å². The van der Waals surface area contributed by atoms with Crippen LogP contribution in [0.25, 0.3) is 0 Å². The van der Waals surface area contributed by atoms with Gasteiger partial charge in [0.15, 0.2) is 0 Å². The Morgan fingerprint density at radius 3 is 2.59 bits per heavy atom. The third-order valence-corrected chi connectivity index (χ3v) is 3.63. The molecule has 1 aromatic carbocycles. The van der Waals surface area contributed by atoms with Crippen molar-refractivity contribution in [2.45, 2.75) is 13.0 Å². The largest absolute Gasteiger partial charge is 0.460 e. The van der Waals surface area contributed by atoms with E-state index in [-0.39, 0.29) is 12.6 Å². The average molecular weight is 304 g/mol. The second-order valence-electron chi connectivity index (χ2n) is 4.98. The second kappa shape index (κ2) is 7.09. The van der Waals surface area contributed by atoms with Gasteiger partial charge < -0.3 is 19.7 Å². The van der Waals surface area contributed by atoms with Gasteiger partial charge in [0, 0.05) is 19.9 Å². The van der Waals surface area contributed by atoms with Crippen LogP contribution in [0.5, 0.6) is 0 Å². The van der Waals surface area contributed by atoms with Crippen LogP contribution in [0.2, 0.25) is 0 Å². The van der Waals surface area contributed by atoms with Crippen LogP contribution >= 0.6 is 0 Å². The van der Waals surface area contributed by atoms with Crippen molar-refractivity contribution >= 4 is 12.0 Å². The van der Waals surface area contributed by atoms with Gasteiger partial charge in [-0.15, -0.1) is 0 Å². The monoisotopic (exact) mass is 304 g/mol. The summed E-state index contributed by atoms with van der Waals surface area (Å²) in [6.07, 6.45) is 0. The van der Waals surface area contributed by atoms with Crippen LogP contribution in [-0.4, -0.2) is 44.3 Å². The summed E-state index contributed by atoms with van der Waals surface area (Å²) >= 11 is 0. The Bertz CT molecular complexity index is 583. The first-order valence-corrected chi connectivity index (χ1v) is 7.02. The van der Waals surface area contributed by atoms with Crippen molar-refractivity contribution < 1.29 is 19.1 Å². The fourth-order valence-electron chi connectivity index (χ4n) is 2.29. The number of methoxy groups -OCH3 is 1. The fraction of sp³-hybridized carbons (Fsp3) is 0.375. The summed E-state index contributed by atoms with van der Waals surface area (Å²) in [5.41, 5.74) is 1.85. The molecule has 0 radical (unpaired) electrons. The maximum absolute atomic E-state index is 12.4. The molecule has 2 rings (SSSR count). The molecular weight excluding hydrogens is 284 g/mol. The number of benzene rings is 1. The lowest BCUT2D eigenvalue weighted by Gasteiger charge is -2.33. The van der Waals surface area contributed by atoms with Gasteiger partial charge in [-0.05, 0) is 12.5 Å². The SMILES string of the molecule is COCCOC(=O)C1=C(C)N(C)C(=O)N[C@H]1c1ccccc1. The number of esters is 1. The molecule has 0 spiro atoms. The number of allylic oxidation sites excluding steroid dienone is 1. The van der Waals surface area contributed by atoms with E-state index in [1.807, 2.05) is 30.3 Å². The molecular formula is C16H20N2O4. The highest BCUT2D eigenvalue weighted by molar-refractivity contribution is 5.94. The van der Waals surface area contributed by atoms with Crippen molar-refractivity contribution in [2.24, 2.45) is 0 Å². The number of ether oxygens (including phenoxy) is 2. The molecule has 0 bridgehead atoms. The first-order valence-electron chi connectivity index (χ1n) is 7.02. The number of carbonyl (C=O) groups is 2. The van der Waals surface area contributed by atoms with Gasteiger partial charge in [0.05, 0.1) is 18.2 Å². The number of hydrogen-bond acceptors (Lipinski definition) is 4. The number of nitrogens with zero attached hydrogens (tertiary/aromatic N) is 1. The lowest BCUT2D eigenvalue weighted by Crippen LogP contribution is -2.46. The fourth-order valence-corrected chi connectivity index (χ4v) is 2.29. The molecule has 0 saturated carbocycles. The minimum Gasteiger partial charge on any atom is -0.460 e. The number of amides is 2. The molecule has 1 heterocycles. The summed E-state index contributed by atoms with van der Waals surface area (Å²) in [6, 6.07) is 8.58. The summed E-state index contributed by atoms with van der Waals surface area (Å²) in [5, 5.41) is 2.83. The Labute approximate surface area is 129 Å². The Morgan fingerprint density at radius 1 is 1.27 bits per heavy atom. The highest BCUT2D eigenvalue weighted by atomic mass is 16.6. The molecule has 1 atom stereocenters. The summed E-state index contributed by atoms with van der Waals surface area (Å²) in [7, 11) is 3.16. The molecule has 1 aliphatic rings. The van der Waals surface area contributed by atoms with Crippen molar-refractivity contribution in [1.29, 1.82) is 0 Å². The lowest BCUT2D eigenvalue weighted by atomic mass is 9.95. The molecule has 0 aromatic heterocycles. The van der Waals surface area contributed by atoms with Gasteiger partial charge in [0.1, 0.15) is 6.61 Å². The third-order valence-electron chi connectivity index (χ3n) is 3.63. The van der Waals surface area contributed by atoms with Gasteiger partial charge >= 0.3 is 12.0 Å². The van der Waals surface area contributed by atoms with Gasteiger partial charge in [0.25, 0.3) is 0 Å². The van der Waals surface area contributed by atoms with Crippen molar-refractivity contribution in [1.82, 2.24) is 10.2 Å². The molecule has 6 nitrogen and oxygen atoms in total. The Morgan fingerprint density at radius 2 is 1.95 bits per heavy atom. The minimum absolute atomic E-state index is 0.172. The number of nitrogens with one attached hydrogen (secondary N) is 1. The van der Waals surface area contributed by atoms with E-state index in [1.165, 1.54) is 4.90 Å². The van der Waals surface area contributed by atoms with Crippen molar-refractivity contribution in [3.63, 3.8) is 0 Å². The van der Waals surface area contributed by atoms with E-state index < -0.39 is 12.0 Å². The smallest absolute Gasteiger partial charge is 0.338 e. The van der Waals surface area contributed by atoms with Crippen LogP contribution in [-0.2, 0) is 14.3 Å². The lowest BCUT2D eigenvalue weighted by molar-refractivity contribution is -0.140. The quantitative estimate of drug-likeness (QED) is 0.666. The predicted molar refractivity (Wildman–Crippen MR) is 81.0 cm³/mol. The van der Waals surface area contributed by atoms with E-state index in [1.54, 1.807) is 21.1 Å². The molecule has 1 aliphatic heterocycles. The highest BCUT2D eigenvalue weighted by Gasteiger charge is 2.34. The molecule has 1 N–H and O–H groups in total. The molecule has 0 fully saturated rings. The summed E-state index contributed by atoms with van der Waals surface area (Å²) in [5.74, 6) is -0.449. The van der Waals surface area contributed by atoms with Crippen LogP contribution < -0.4 is 5.32 Å². The molecule has 6 heteroatoms. The van der Waals surface area contributed by atoms with Crippen molar-refractivity contribution in [3.05, 3.63) is 47.2 Å². The normalized spacial score (nSPS) is 18.2. The van der Waals surface area contributed by atoms with Gasteiger partial charge in [-0.2, -0.15) is 0 Å². The van der Waals surface area contributed by atoms with Crippen LogP contribution in [0.1, 0.15) is 18.5 Å². The van der Waals surface area contributed by atoms with E-state index in [0.29, 0.717) is 17.9 Å². The summed E-state index contributed by atoms with van der Waals surface area (Å²) < 4.78 is 10.1. The second-order valence-corrected chi connectivity index (χ2v) is 4.98. The molecule has 22 heavy (non-hydrogen) atoms. The minimum atomic E-state index is -0.514. The first kappa shape index (κ1) is 16.0. The zero-order valence-electron chi connectivity index (χ0n) is 13.0. The average Bonchev–Trinajstić information content (AvgIpc) is 2.53. The summed E-state index contributed by atoms with van der Waals surface area (Å²) in [4.78, 5) is 25.8. The molecule has 0 saturated heterocycles. The molecule has 0 unspecified atom stereocenters. The topological polar surface area (TPSA) is 67.9 Å². The molecule has 1 aromatic rings. The molecule has 0 aliphatic carbocycles. The van der Waals surface area contributed by atoms with Gasteiger partial charge in [0.2, 0.25) is 0 Å². The molecule has 2 amide bonds. The van der Waals surface area contributed by atoms with E-state index >= 15 is 0 Å². The van der Waals surface area contributed by atoms with E-state index in [2.05, 4.69) is 5.32 Å². The highest BCUT2D eigenvalue weighted by Crippen LogP contribution is 2.30.